The molecule has 0 spiro atoms. The fourth-order valence-corrected chi connectivity index (χ4v) is 2.49. The van der Waals surface area contributed by atoms with Gasteiger partial charge in [0.05, 0.1) is 12.6 Å². The molecule has 0 aromatic carbocycles. The van der Waals surface area contributed by atoms with Crippen LogP contribution in [0.2, 0.25) is 0 Å². The highest BCUT2D eigenvalue weighted by molar-refractivity contribution is 5.76. The molecule has 110 valence electrons. The summed E-state index contributed by atoms with van der Waals surface area (Å²) in [6.07, 6.45) is 1.03. The predicted octanol–water partition coefficient (Wildman–Crippen LogP) is 2.02. The van der Waals surface area contributed by atoms with Gasteiger partial charge in [0.15, 0.2) is 0 Å². The van der Waals surface area contributed by atoms with Gasteiger partial charge in [0, 0.05) is 19.5 Å². The van der Waals surface area contributed by atoms with Crippen molar-refractivity contribution in [2.75, 3.05) is 19.7 Å². The maximum Gasteiger partial charge on any atom is 0.407 e. The summed E-state index contributed by atoms with van der Waals surface area (Å²) >= 11 is 0. The fourth-order valence-electron chi connectivity index (χ4n) is 2.49. The van der Waals surface area contributed by atoms with Gasteiger partial charge in [0.1, 0.15) is 0 Å². The summed E-state index contributed by atoms with van der Waals surface area (Å²) in [5.74, 6) is 1.08. The van der Waals surface area contributed by atoms with Crippen LogP contribution < -0.4 is 5.32 Å². The summed E-state index contributed by atoms with van der Waals surface area (Å²) in [6.45, 7) is 9.72. The van der Waals surface area contributed by atoms with E-state index in [4.69, 9.17) is 4.74 Å². The Bertz CT molecular complexity index is 318. The topological polar surface area (TPSA) is 58.6 Å². The highest BCUT2D eigenvalue weighted by atomic mass is 16.5. The van der Waals surface area contributed by atoms with Crippen molar-refractivity contribution >= 4 is 12.0 Å². The minimum Gasteiger partial charge on any atom is -0.450 e. The first-order valence-electron chi connectivity index (χ1n) is 7.18. The summed E-state index contributed by atoms with van der Waals surface area (Å²) in [5.41, 5.74) is 0. The summed E-state index contributed by atoms with van der Waals surface area (Å²) in [4.78, 5) is 25.2. The molecule has 0 aromatic heterocycles. The number of ether oxygens (including phenoxy) is 1. The minimum atomic E-state index is -0.388. The number of rotatable bonds is 4. The zero-order valence-electron chi connectivity index (χ0n) is 12.4. The van der Waals surface area contributed by atoms with Crippen molar-refractivity contribution in [3.63, 3.8) is 0 Å². The molecule has 19 heavy (non-hydrogen) atoms. The Labute approximate surface area is 115 Å². The lowest BCUT2D eigenvalue weighted by Gasteiger charge is -2.39. The molecule has 1 aliphatic rings. The Hall–Kier alpha value is -1.26. The summed E-state index contributed by atoms with van der Waals surface area (Å²) < 4.78 is 4.91. The van der Waals surface area contributed by atoms with Crippen molar-refractivity contribution in [2.45, 2.75) is 46.6 Å². The third-order valence-electron chi connectivity index (χ3n) is 3.68. The molecule has 5 heteroatoms. The molecule has 0 bridgehead atoms. The van der Waals surface area contributed by atoms with E-state index in [-0.39, 0.29) is 18.0 Å². The van der Waals surface area contributed by atoms with Gasteiger partial charge >= 0.3 is 6.09 Å². The Kier molecular flexibility index (Phi) is 6.12. The van der Waals surface area contributed by atoms with Crippen LogP contribution in [-0.4, -0.2) is 42.6 Å². The predicted molar refractivity (Wildman–Crippen MR) is 73.8 cm³/mol. The van der Waals surface area contributed by atoms with Gasteiger partial charge < -0.3 is 15.0 Å². The molecule has 0 aromatic rings. The number of nitrogens with zero attached hydrogens (tertiary/aromatic N) is 1. The second-order valence-corrected chi connectivity index (χ2v) is 5.45. The van der Waals surface area contributed by atoms with Gasteiger partial charge in [-0.15, -0.1) is 0 Å². The number of nitrogens with one attached hydrogen (secondary N) is 1. The normalized spacial score (nSPS) is 23.3. The third kappa shape index (κ3) is 4.73. The maximum atomic E-state index is 11.9. The molecular formula is C14H26N2O3. The second-order valence-electron chi connectivity index (χ2n) is 5.45. The number of hydrogen-bond acceptors (Lipinski definition) is 3. The largest absolute Gasteiger partial charge is 0.450 e. The van der Waals surface area contributed by atoms with Crippen LogP contribution in [0.15, 0.2) is 0 Å². The van der Waals surface area contributed by atoms with E-state index < -0.39 is 0 Å². The molecular weight excluding hydrogens is 244 g/mol. The van der Waals surface area contributed by atoms with Gasteiger partial charge in [-0.25, -0.2) is 4.79 Å². The molecule has 1 heterocycles. The van der Waals surface area contributed by atoms with Gasteiger partial charge in [0.2, 0.25) is 5.91 Å². The van der Waals surface area contributed by atoms with Crippen LogP contribution in [-0.2, 0) is 9.53 Å². The standard InChI is InChI=1S/C14H26N2O3/c1-5-13(17)16-8-11(10(3)4)7-12(9-16)15-14(18)19-6-2/h10-12H,5-9H2,1-4H3,(H,15,18). The van der Waals surface area contributed by atoms with Crippen molar-refractivity contribution in [3.05, 3.63) is 0 Å². The smallest absolute Gasteiger partial charge is 0.407 e. The quantitative estimate of drug-likeness (QED) is 0.850. The molecule has 0 aliphatic carbocycles. The lowest BCUT2D eigenvalue weighted by Crippen LogP contribution is -2.53. The molecule has 1 saturated heterocycles. The lowest BCUT2D eigenvalue weighted by atomic mass is 9.85. The van der Waals surface area contributed by atoms with Crippen LogP contribution in [0.25, 0.3) is 0 Å². The van der Waals surface area contributed by atoms with E-state index in [9.17, 15) is 9.59 Å². The van der Waals surface area contributed by atoms with E-state index in [0.29, 0.717) is 31.4 Å². The van der Waals surface area contributed by atoms with Gasteiger partial charge in [0.25, 0.3) is 0 Å². The number of piperidine rings is 1. The van der Waals surface area contributed by atoms with Crippen LogP contribution in [0.5, 0.6) is 0 Å². The molecule has 1 fully saturated rings. The van der Waals surface area contributed by atoms with Crippen LogP contribution in [0.3, 0.4) is 0 Å². The number of carbonyl (C=O) groups is 2. The molecule has 2 amide bonds. The molecule has 0 radical (unpaired) electrons. The zero-order valence-corrected chi connectivity index (χ0v) is 12.4. The lowest BCUT2D eigenvalue weighted by molar-refractivity contribution is -0.133. The van der Waals surface area contributed by atoms with E-state index in [0.717, 1.165) is 13.0 Å². The number of carbonyl (C=O) groups excluding carboxylic acids is 2. The molecule has 1 aliphatic heterocycles. The second kappa shape index (κ2) is 7.36. The number of hydrogen-bond donors (Lipinski definition) is 1. The van der Waals surface area contributed by atoms with E-state index in [2.05, 4.69) is 19.2 Å². The molecule has 5 nitrogen and oxygen atoms in total. The van der Waals surface area contributed by atoms with Gasteiger partial charge in [-0.1, -0.05) is 20.8 Å². The average molecular weight is 270 g/mol. The van der Waals surface area contributed by atoms with E-state index in [1.54, 1.807) is 6.92 Å². The first-order chi connectivity index (χ1) is 8.97. The Morgan fingerprint density at radius 3 is 2.53 bits per heavy atom. The van der Waals surface area contributed by atoms with Crippen molar-refractivity contribution in [3.8, 4) is 0 Å². The number of likely N-dealkylation sites (tertiary alicyclic amines) is 1. The van der Waals surface area contributed by atoms with Crippen molar-refractivity contribution in [1.29, 1.82) is 0 Å². The molecule has 0 saturated carbocycles. The van der Waals surface area contributed by atoms with Crippen LogP contribution in [0.4, 0.5) is 4.79 Å². The summed E-state index contributed by atoms with van der Waals surface area (Å²) in [6, 6.07) is -0.00398. The molecule has 2 unspecified atom stereocenters. The first-order valence-corrected chi connectivity index (χ1v) is 7.18. The van der Waals surface area contributed by atoms with Gasteiger partial charge in [-0.2, -0.15) is 0 Å². The summed E-state index contributed by atoms with van der Waals surface area (Å²) in [5, 5.41) is 2.86. The van der Waals surface area contributed by atoms with E-state index >= 15 is 0 Å². The monoisotopic (exact) mass is 270 g/mol. The zero-order chi connectivity index (χ0) is 14.4. The van der Waals surface area contributed by atoms with E-state index in [1.165, 1.54) is 0 Å². The van der Waals surface area contributed by atoms with Crippen LogP contribution in [0, 0.1) is 11.8 Å². The fraction of sp³-hybridized carbons (Fsp3) is 0.857. The minimum absolute atomic E-state index is 0.00398. The van der Waals surface area contributed by atoms with Crippen LogP contribution in [0.1, 0.15) is 40.5 Å². The SMILES string of the molecule is CCOC(=O)NC1CC(C(C)C)CN(C(=O)CC)C1. The van der Waals surface area contributed by atoms with E-state index in [1.807, 2.05) is 11.8 Å². The highest BCUT2D eigenvalue weighted by Crippen LogP contribution is 2.24. The highest BCUT2D eigenvalue weighted by Gasteiger charge is 2.31. The van der Waals surface area contributed by atoms with Crippen molar-refractivity contribution in [1.82, 2.24) is 10.2 Å². The van der Waals surface area contributed by atoms with Gasteiger partial charge in [-0.3, -0.25) is 4.79 Å². The molecule has 1 N–H and O–H groups in total. The number of amides is 2. The summed E-state index contributed by atoms with van der Waals surface area (Å²) in [7, 11) is 0. The Morgan fingerprint density at radius 1 is 1.32 bits per heavy atom. The number of alkyl carbamates (subject to hydrolysis) is 1. The van der Waals surface area contributed by atoms with Gasteiger partial charge in [-0.05, 0) is 25.2 Å². The molecule has 1 rings (SSSR count). The van der Waals surface area contributed by atoms with Crippen LogP contribution >= 0.6 is 0 Å². The Balaban J connectivity index is 2.64. The third-order valence-corrected chi connectivity index (χ3v) is 3.68. The Morgan fingerprint density at radius 2 is 2.00 bits per heavy atom. The first kappa shape index (κ1) is 15.8. The van der Waals surface area contributed by atoms with Crippen molar-refractivity contribution < 1.29 is 14.3 Å². The molecule has 2 atom stereocenters. The maximum absolute atomic E-state index is 11.9. The average Bonchev–Trinajstić information content (AvgIpc) is 2.37. The van der Waals surface area contributed by atoms with Crippen molar-refractivity contribution in [2.24, 2.45) is 11.8 Å².